The Hall–Kier alpha value is -3.22. The second kappa shape index (κ2) is 7.87. The van der Waals surface area contributed by atoms with Crippen LogP contribution in [-0.4, -0.2) is 23.7 Å². The quantitative estimate of drug-likeness (QED) is 0.501. The van der Waals surface area contributed by atoms with Gasteiger partial charge >= 0.3 is 0 Å². The third-order valence-electron chi connectivity index (χ3n) is 3.25. The fourth-order valence-corrected chi connectivity index (χ4v) is 2.09. The minimum absolute atomic E-state index is 0.0791. The van der Waals surface area contributed by atoms with E-state index in [1.165, 1.54) is 12.3 Å². The van der Waals surface area contributed by atoms with Crippen LogP contribution in [0.4, 0.5) is 11.4 Å². The van der Waals surface area contributed by atoms with Gasteiger partial charge in [0, 0.05) is 11.8 Å². The average Bonchev–Trinajstić information content (AvgIpc) is 2.54. The molecule has 1 N–H and O–H groups in total. The fraction of sp³-hybridized carbons (Fsp3) is 0.176. The van der Waals surface area contributed by atoms with Crippen LogP contribution in [-0.2, 0) is 9.63 Å². The number of hydrogen-bond acceptors (Lipinski definition) is 5. The first-order valence-corrected chi connectivity index (χ1v) is 7.23. The molecule has 0 spiro atoms. The Bertz CT molecular complexity index is 787. The summed E-state index contributed by atoms with van der Waals surface area (Å²) >= 11 is 0. The number of oxime groups is 1. The fourth-order valence-electron chi connectivity index (χ4n) is 2.09. The summed E-state index contributed by atoms with van der Waals surface area (Å²) in [5, 5.41) is 17.2. The number of nitrogens with one attached hydrogen (secondary N) is 1. The first kappa shape index (κ1) is 17.1. The number of hydrogen-bond donors (Lipinski definition) is 1. The lowest BCUT2D eigenvalue weighted by Crippen LogP contribution is -2.17. The molecule has 2 rings (SSSR count). The predicted molar refractivity (Wildman–Crippen MR) is 91.2 cm³/mol. The zero-order chi connectivity index (χ0) is 17.5. The molecule has 0 unspecified atom stereocenters. The summed E-state index contributed by atoms with van der Waals surface area (Å²) in [7, 11) is 0. The number of carbonyl (C=O) groups is 1. The van der Waals surface area contributed by atoms with E-state index in [4.69, 9.17) is 4.84 Å². The van der Waals surface area contributed by atoms with Gasteiger partial charge in [-0.05, 0) is 31.5 Å². The van der Waals surface area contributed by atoms with Crippen molar-refractivity contribution in [1.82, 2.24) is 0 Å². The van der Waals surface area contributed by atoms with E-state index in [-0.39, 0.29) is 18.2 Å². The van der Waals surface area contributed by atoms with E-state index in [0.29, 0.717) is 11.3 Å². The first-order chi connectivity index (χ1) is 11.5. The SMILES string of the molecule is Cc1ccc(NC(=O)CO/N=C/c2ccccc2[N+](=O)[O-])c(C)c1. The Balaban J connectivity index is 1.90. The topological polar surface area (TPSA) is 93.8 Å². The minimum atomic E-state index is -0.506. The lowest BCUT2D eigenvalue weighted by atomic mass is 10.1. The number of nitro groups is 1. The number of aryl methyl sites for hydroxylation is 2. The van der Waals surface area contributed by atoms with Crippen molar-refractivity contribution in [2.75, 3.05) is 11.9 Å². The normalized spacial score (nSPS) is 10.6. The standard InChI is InChI=1S/C17H17N3O4/c1-12-7-8-15(13(2)9-12)19-17(21)11-24-18-10-14-5-3-4-6-16(14)20(22)23/h3-10H,11H2,1-2H3,(H,19,21)/b18-10+. The average molecular weight is 327 g/mol. The van der Waals surface area contributed by atoms with Crippen molar-refractivity contribution in [2.45, 2.75) is 13.8 Å². The molecule has 0 aromatic heterocycles. The molecular formula is C17H17N3O4. The summed E-state index contributed by atoms with van der Waals surface area (Å²) in [6, 6.07) is 11.8. The van der Waals surface area contributed by atoms with E-state index in [2.05, 4.69) is 10.5 Å². The summed E-state index contributed by atoms with van der Waals surface area (Å²) in [5.74, 6) is -0.360. The van der Waals surface area contributed by atoms with Crippen molar-refractivity contribution in [3.05, 3.63) is 69.3 Å². The summed E-state index contributed by atoms with van der Waals surface area (Å²) in [5.41, 5.74) is 2.99. The molecule has 0 saturated heterocycles. The molecule has 0 fully saturated rings. The van der Waals surface area contributed by atoms with E-state index < -0.39 is 4.92 Å². The van der Waals surface area contributed by atoms with Gasteiger partial charge in [0.25, 0.3) is 11.6 Å². The zero-order valence-corrected chi connectivity index (χ0v) is 13.4. The van der Waals surface area contributed by atoms with Crippen molar-refractivity contribution < 1.29 is 14.6 Å². The number of nitro benzene ring substituents is 1. The van der Waals surface area contributed by atoms with Crippen molar-refractivity contribution in [3.8, 4) is 0 Å². The zero-order valence-electron chi connectivity index (χ0n) is 13.4. The Morgan fingerprint density at radius 1 is 1.29 bits per heavy atom. The van der Waals surface area contributed by atoms with Gasteiger partial charge in [-0.1, -0.05) is 35.0 Å². The molecule has 0 radical (unpaired) electrons. The number of rotatable bonds is 6. The molecule has 7 nitrogen and oxygen atoms in total. The molecule has 0 aliphatic heterocycles. The van der Waals surface area contributed by atoms with Crippen molar-refractivity contribution >= 4 is 23.5 Å². The van der Waals surface area contributed by atoms with Crippen molar-refractivity contribution in [3.63, 3.8) is 0 Å². The Morgan fingerprint density at radius 2 is 2.04 bits per heavy atom. The Morgan fingerprint density at radius 3 is 2.75 bits per heavy atom. The van der Waals surface area contributed by atoms with Crippen LogP contribution < -0.4 is 5.32 Å². The van der Waals surface area contributed by atoms with Crippen molar-refractivity contribution in [1.29, 1.82) is 0 Å². The van der Waals surface area contributed by atoms with E-state index in [1.54, 1.807) is 18.2 Å². The molecule has 0 atom stereocenters. The van der Waals surface area contributed by atoms with Crippen LogP contribution in [0.5, 0.6) is 0 Å². The van der Waals surface area contributed by atoms with Gasteiger partial charge in [-0.25, -0.2) is 0 Å². The van der Waals surface area contributed by atoms with Gasteiger partial charge < -0.3 is 10.2 Å². The van der Waals surface area contributed by atoms with Gasteiger partial charge in [-0.3, -0.25) is 14.9 Å². The Labute approximate surface area is 139 Å². The van der Waals surface area contributed by atoms with Crippen LogP contribution >= 0.6 is 0 Å². The highest BCUT2D eigenvalue weighted by molar-refractivity contribution is 5.92. The minimum Gasteiger partial charge on any atom is -0.386 e. The Kier molecular flexibility index (Phi) is 5.62. The van der Waals surface area contributed by atoms with Gasteiger partial charge in [0.2, 0.25) is 0 Å². The summed E-state index contributed by atoms with van der Waals surface area (Å²) < 4.78 is 0. The molecule has 0 aliphatic rings. The van der Waals surface area contributed by atoms with Crippen LogP contribution in [0.15, 0.2) is 47.6 Å². The predicted octanol–water partition coefficient (Wildman–Crippen LogP) is 3.20. The first-order valence-electron chi connectivity index (χ1n) is 7.23. The number of benzene rings is 2. The smallest absolute Gasteiger partial charge is 0.278 e. The number of anilines is 1. The summed E-state index contributed by atoms with van der Waals surface area (Å²) in [6.07, 6.45) is 1.21. The molecule has 2 aromatic carbocycles. The molecular weight excluding hydrogens is 310 g/mol. The number of carbonyl (C=O) groups excluding carboxylic acids is 1. The molecule has 0 saturated carbocycles. The summed E-state index contributed by atoms with van der Waals surface area (Å²) in [6.45, 7) is 3.58. The van der Waals surface area contributed by atoms with E-state index in [1.807, 2.05) is 32.0 Å². The molecule has 24 heavy (non-hydrogen) atoms. The van der Waals surface area contributed by atoms with E-state index in [0.717, 1.165) is 11.1 Å². The highest BCUT2D eigenvalue weighted by Gasteiger charge is 2.10. The lowest BCUT2D eigenvalue weighted by molar-refractivity contribution is -0.385. The lowest BCUT2D eigenvalue weighted by Gasteiger charge is -2.08. The molecule has 124 valence electrons. The van der Waals surface area contributed by atoms with Crippen LogP contribution in [0.2, 0.25) is 0 Å². The number of nitrogens with zero attached hydrogens (tertiary/aromatic N) is 2. The second-order valence-corrected chi connectivity index (χ2v) is 5.19. The molecule has 0 bridgehead atoms. The molecule has 0 heterocycles. The highest BCUT2D eigenvalue weighted by atomic mass is 16.6. The van der Waals surface area contributed by atoms with Gasteiger partial charge in [-0.15, -0.1) is 0 Å². The third kappa shape index (κ3) is 4.64. The maximum absolute atomic E-state index is 11.8. The number of amides is 1. The largest absolute Gasteiger partial charge is 0.386 e. The molecule has 1 amide bonds. The monoisotopic (exact) mass is 327 g/mol. The van der Waals surface area contributed by atoms with E-state index >= 15 is 0 Å². The van der Waals surface area contributed by atoms with Gasteiger partial charge in [-0.2, -0.15) is 0 Å². The van der Waals surface area contributed by atoms with E-state index in [9.17, 15) is 14.9 Å². The highest BCUT2D eigenvalue weighted by Crippen LogP contribution is 2.16. The molecule has 7 heteroatoms. The molecule has 2 aromatic rings. The van der Waals surface area contributed by atoms with Gasteiger partial charge in [0.15, 0.2) is 6.61 Å². The third-order valence-corrected chi connectivity index (χ3v) is 3.25. The van der Waals surface area contributed by atoms with Gasteiger partial charge in [0.1, 0.15) is 0 Å². The van der Waals surface area contributed by atoms with Gasteiger partial charge in [0.05, 0.1) is 16.7 Å². The van der Waals surface area contributed by atoms with Crippen LogP contribution in [0.1, 0.15) is 16.7 Å². The summed E-state index contributed by atoms with van der Waals surface area (Å²) in [4.78, 5) is 27.1. The molecule has 0 aliphatic carbocycles. The van der Waals surface area contributed by atoms with Crippen molar-refractivity contribution in [2.24, 2.45) is 5.16 Å². The second-order valence-electron chi connectivity index (χ2n) is 5.19. The van der Waals surface area contributed by atoms with Crippen LogP contribution in [0, 0.1) is 24.0 Å². The maximum Gasteiger partial charge on any atom is 0.278 e. The number of para-hydroxylation sites is 1. The maximum atomic E-state index is 11.8. The van der Waals surface area contributed by atoms with Crippen LogP contribution in [0.3, 0.4) is 0 Å². The van der Waals surface area contributed by atoms with Crippen LogP contribution in [0.25, 0.3) is 0 Å².